The molecule has 0 fully saturated rings. The van der Waals surface area contributed by atoms with Gasteiger partial charge in [-0.15, -0.1) is 0 Å². The molecule has 0 radical (unpaired) electrons. The second kappa shape index (κ2) is 8.56. The smallest absolute Gasteiger partial charge is 0.166 e. The molecule has 1 aliphatic carbocycles. The third-order valence-corrected chi connectivity index (χ3v) is 8.55. The summed E-state index contributed by atoms with van der Waals surface area (Å²) in [6.45, 7) is 6.65. The van der Waals surface area contributed by atoms with E-state index in [9.17, 15) is 13.2 Å². The van der Waals surface area contributed by atoms with Crippen LogP contribution in [0.3, 0.4) is 0 Å². The van der Waals surface area contributed by atoms with Crippen molar-refractivity contribution in [2.75, 3.05) is 0 Å². The van der Waals surface area contributed by atoms with Crippen LogP contribution >= 0.6 is 0 Å². The molecule has 1 aliphatic rings. The molecule has 0 heterocycles. The highest BCUT2D eigenvalue weighted by Gasteiger charge is 2.35. The summed E-state index contributed by atoms with van der Waals surface area (Å²) in [4.78, 5) is 0. The third kappa shape index (κ3) is 3.61. The van der Waals surface area contributed by atoms with Crippen LogP contribution in [0.4, 0.5) is 13.2 Å². The van der Waals surface area contributed by atoms with E-state index in [1.54, 1.807) is 12.1 Å². The average Bonchev–Trinajstić information content (AvgIpc) is 3.17. The fourth-order valence-electron chi connectivity index (χ4n) is 6.62. The van der Waals surface area contributed by atoms with Crippen molar-refractivity contribution in [3.05, 3.63) is 131 Å². The standard InChI is InChI=1S/C37H27F3/c1-22-12-18-29-31(20-22)35(24-15-19-33-30(21-24)26-8-6-7-11-32(26)36(33,2)3)28-10-5-4-9-27(28)34(29)23-13-16-25(17-14-23)37(38,39)40/h4-21H,1-3H3. The Morgan fingerprint density at radius 3 is 1.80 bits per heavy atom. The summed E-state index contributed by atoms with van der Waals surface area (Å²) in [5, 5.41) is 4.23. The van der Waals surface area contributed by atoms with Crippen molar-refractivity contribution in [1.29, 1.82) is 0 Å². The molecule has 0 aromatic heterocycles. The van der Waals surface area contributed by atoms with E-state index in [0.29, 0.717) is 0 Å². The molecule has 0 aliphatic heterocycles. The second-order valence-corrected chi connectivity index (χ2v) is 11.4. The van der Waals surface area contributed by atoms with Crippen molar-refractivity contribution in [2.45, 2.75) is 32.4 Å². The summed E-state index contributed by atoms with van der Waals surface area (Å²) < 4.78 is 40.0. The third-order valence-electron chi connectivity index (χ3n) is 8.55. The molecular weight excluding hydrogens is 501 g/mol. The van der Waals surface area contributed by atoms with Gasteiger partial charge in [0.2, 0.25) is 0 Å². The van der Waals surface area contributed by atoms with Gasteiger partial charge in [-0.3, -0.25) is 0 Å². The first-order valence-corrected chi connectivity index (χ1v) is 13.5. The molecule has 0 N–H and O–H groups in total. The van der Waals surface area contributed by atoms with Crippen LogP contribution in [0.1, 0.15) is 36.1 Å². The van der Waals surface area contributed by atoms with E-state index in [0.717, 1.165) is 49.4 Å². The Bertz CT molecular complexity index is 1960. The number of alkyl halides is 3. The summed E-state index contributed by atoms with van der Waals surface area (Å²) in [5.74, 6) is 0. The number of hydrogen-bond donors (Lipinski definition) is 0. The first-order chi connectivity index (χ1) is 19.1. The molecule has 0 unspecified atom stereocenters. The Balaban J connectivity index is 1.54. The predicted octanol–water partition coefficient (Wildman–Crippen LogP) is 11.0. The highest BCUT2D eigenvalue weighted by atomic mass is 19.4. The van der Waals surface area contributed by atoms with Crippen molar-refractivity contribution in [3.8, 4) is 33.4 Å². The van der Waals surface area contributed by atoms with E-state index in [1.807, 2.05) is 12.1 Å². The van der Waals surface area contributed by atoms with Gasteiger partial charge in [0.05, 0.1) is 5.56 Å². The number of benzene rings is 6. The van der Waals surface area contributed by atoms with E-state index < -0.39 is 11.7 Å². The Labute approximate surface area is 231 Å². The zero-order valence-corrected chi connectivity index (χ0v) is 22.5. The van der Waals surface area contributed by atoms with Crippen LogP contribution in [-0.4, -0.2) is 0 Å². The van der Waals surface area contributed by atoms with Crippen molar-refractivity contribution < 1.29 is 13.2 Å². The highest BCUT2D eigenvalue weighted by molar-refractivity contribution is 6.21. The van der Waals surface area contributed by atoms with Gasteiger partial charge in [-0.1, -0.05) is 110 Å². The molecule has 196 valence electrons. The van der Waals surface area contributed by atoms with Gasteiger partial charge in [0.1, 0.15) is 0 Å². The van der Waals surface area contributed by atoms with E-state index in [1.165, 1.54) is 34.4 Å². The monoisotopic (exact) mass is 528 g/mol. The minimum atomic E-state index is -4.37. The maximum absolute atomic E-state index is 13.3. The Morgan fingerprint density at radius 1 is 0.525 bits per heavy atom. The molecule has 7 rings (SSSR count). The van der Waals surface area contributed by atoms with Crippen LogP contribution in [0.25, 0.3) is 54.9 Å². The van der Waals surface area contributed by atoms with Gasteiger partial charge in [-0.25, -0.2) is 0 Å². The molecule has 0 amide bonds. The van der Waals surface area contributed by atoms with Crippen molar-refractivity contribution >= 4 is 21.5 Å². The van der Waals surface area contributed by atoms with Crippen molar-refractivity contribution in [3.63, 3.8) is 0 Å². The summed E-state index contributed by atoms with van der Waals surface area (Å²) in [6, 6.07) is 35.7. The first kappa shape index (κ1) is 24.7. The fourth-order valence-corrected chi connectivity index (χ4v) is 6.62. The van der Waals surface area contributed by atoms with Crippen molar-refractivity contribution in [2.24, 2.45) is 0 Å². The summed E-state index contributed by atoms with van der Waals surface area (Å²) in [6.07, 6.45) is -4.37. The number of fused-ring (bicyclic) bond motifs is 5. The van der Waals surface area contributed by atoms with Crippen LogP contribution in [0.15, 0.2) is 109 Å². The van der Waals surface area contributed by atoms with Crippen LogP contribution in [0.2, 0.25) is 0 Å². The Kier molecular flexibility index (Phi) is 5.28. The molecule has 40 heavy (non-hydrogen) atoms. The summed E-state index contributed by atoms with van der Waals surface area (Å²) in [5.41, 5.74) is 9.63. The molecule has 6 aromatic rings. The van der Waals surface area contributed by atoms with E-state index >= 15 is 0 Å². The second-order valence-electron chi connectivity index (χ2n) is 11.4. The fraction of sp³-hybridized carbons (Fsp3) is 0.135. The van der Waals surface area contributed by atoms with Gasteiger partial charge in [0, 0.05) is 5.41 Å². The van der Waals surface area contributed by atoms with Gasteiger partial charge >= 0.3 is 6.18 Å². The highest BCUT2D eigenvalue weighted by Crippen LogP contribution is 2.51. The van der Waals surface area contributed by atoms with Gasteiger partial charge in [-0.05, 0) is 91.2 Å². The minimum absolute atomic E-state index is 0.0718. The Morgan fingerprint density at radius 2 is 1.10 bits per heavy atom. The van der Waals surface area contributed by atoms with Crippen LogP contribution in [0.5, 0.6) is 0 Å². The molecule has 3 heteroatoms. The SMILES string of the molecule is Cc1ccc2c(-c3ccc(C(F)(F)F)cc3)c3ccccc3c(-c3ccc4c(c3)-c3ccccc3C4(C)C)c2c1. The van der Waals surface area contributed by atoms with Gasteiger partial charge in [0.15, 0.2) is 0 Å². The average molecular weight is 529 g/mol. The normalized spacial score (nSPS) is 13.9. The lowest BCUT2D eigenvalue weighted by atomic mass is 9.81. The molecule has 0 bridgehead atoms. The minimum Gasteiger partial charge on any atom is -0.166 e. The number of aryl methyl sites for hydroxylation is 1. The molecule has 0 nitrogen and oxygen atoms in total. The Hall–Kier alpha value is -4.37. The van der Waals surface area contributed by atoms with Crippen LogP contribution < -0.4 is 0 Å². The van der Waals surface area contributed by atoms with E-state index in [4.69, 9.17) is 0 Å². The van der Waals surface area contributed by atoms with Crippen molar-refractivity contribution in [1.82, 2.24) is 0 Å². The van der Waals surface area contributed by atoms with Crippen LogP contribution in [0, 0.1) is 6.92 Å². The lowest BCUT2D eigenvalue weighted by molar-refractivity contribution is -0.137. The maximum atomic E-state index is 13.3. The molecule has 0 saturated carbocycles. The molecule has 6 aromatic carbocycles. The largest absolute Gasteiger partial charge is 0.416 e. The zero-order chi connectivity index (χ0) is 27.8. The lowest BCUT2D eigenvalue weighted by Gasteiger charge is -2.22. The molecule has 0 atom stereocenters. The lowest BCUT2D eigenvalue weighted by Crippen LogP contribution is -2.14. The van der Waals surface area contributed by atoms with Gasteiger partial charge < -0.3 is 0 Å². The quantitative estimate of drug-likeness (QED) is 0.196. The van der Waals surface area contributed by atoms with Crippen LogP contribution in [-0.2, 0) is 11.6 Å². The van der Waals surface area contributed by atoms with E-state index in [2.05, 4.69) is 93.6 Å². The maximum Gasteiger partial charge on any atom is 0.416 e. The summed E-state index contributed by atoms with van der Waals surface area (Å²) >= 11 is 0. The van der Waals surface area contributed by atoms with E-state index in [-0.39, 0.29) is 5.41 Å². The number of halogens is 3. The first-order valence-electron chi connectivity index (χ1n) is 13.5. The predicted molar refractivity (Wildman–Crippen MR) is 160 cm³/mol. The summed E-state index contributed by atoms with van der Waals surface area (Å²) in [7, 11) is 0. The zero-order valence-electron chi connectivity index (χ0n) is 22.5. The molecular formula is C37H27F3. The van der Waals surface area contributed by atoms with Gasteiger partial charge in [0.25, 0.3) is 0 Å². The van der Waals surface area contributed by atoms with Gasteiger partial charge in [-0.2, -0.15) is 13.2 Å². The molecule has 0 saturated heterocycles. The number of rotatable bonds is 2. The number of hydrogen-bond acceptors (Lipinski definition) is 0. The molecule has 0 spiro atoms. The topological polar surface area (TPSA) is 0 Å².